The van der Waals surface area contributed by atoms with Crippen LogP contribution in [0.3, 0.4) is 0 Å². The summed E-state index contributed by atoms with van der Waals surface area (Å²) in [5, 5.41) is 8.50. The highest BCUT2D eigenvalue weighted by atomic mass is 32.2. The number of carboxylic acids is 1. The van der Waals surface area contributed by atoms with Gasteiger partial charge in [0.15, 0.2) is 0 Å². The second kappa shape index (κ2) is 5.85. The molecule has 6 nitrogen and oxygen atoms in total. The van der Waals surface area contributed by atoms with Gasteiger partial charge < -0.3 is 5.11 Å². The van der Waals surface area contributed by atoms with Crippen LogP contribution >= 0.6 is 11.8 Å². The minimum Gasteiger partial charge on any atom is -0.481 e. The minimum atomic E-state index is -3.47. The molecule has 1 fully saturated rings. The molecular weight excluding hydrogens is 252 g/mol. The highest BCUT2D eigenvalue weighted by Gasteiger charge is 2.28. The Morgan fingerprint density at radius 2 is 2.00 bits per heavy atom. The van der Waals surface area contributed by atoms with Gasteiger partial charge in [0.2, 0.25) is 0 Å². The molecule has 94 valence electrons. The molecule has 0 aromatic carbocycles. The summed E-state index contributed by atoms with van der Waals surface area (Å²) in [5.41, 5.74) is 0. The highest BCUT2D eigenvalue weighted by Crippen LogP contribution is 2.15. The van der Waals surface area contributed by atoms with Gasteiger partial charge in [-0.3, -0.25) is 4.79 Å². The molecule has 0 atom stereocenters. The van der Waals surface area contributed by atoms with Gasteiger partial charge in [-0.25, -0.2) is 0 Å². The standard InChI is InChI=1S/C8H16N2O4S2/c1-9(3-2-8(11)12)16(13,14)10-4-6-15-7-5-10/h2-7H2,1H3,(H,11,12). The number of thioether (sulfide) groups is 1. The van der Waals surface area contributed by atoms with Crippen molar-refractivity contribution in [1.82, 2.24) is 8.61 Å². The first-order chi connectivity index (χ1) is 7.44. The molecule has 1 N–H and O–H groups in total. The van der Waals surface area contributed by atoms with E-state index in [0.717, 1.165) is 15.8 Å². The van der Waals surface area contributed by atoms with E-state index in [9.17, 15) is 13.2 Å². The fraction of sp³-hybridized carbons (Fsp3) is 0.875. The van der Waals surface area contributed by atoms with E-state index < -0.39 is 16.2 Å². The predicted octanol–water partition coefficient (Wildman–Crippen LogP) is -0.313. The summed E-state index contributed by atoms with van der Waals surface area (Å²) in [4.78, 5) is 10.4. The van der Waals surface area contributed by atoms with E-state index in [1.165, 1.54) is 11.4 Å². The average Bonchev–Trinajstić information content (AvgIpc) is 2.27. The first-order valence-corrected chi connectivity index (χ1v) is 7.50. The molecule has 1 aliphatic rings. The third kappa shape index (κ3) is 3.62. The molecule has 0 aromatic heterocycles. The molecule has 0 bridgehead atoms. The van der Waals surface area contributed by atoms with Crippen LogP contribution in [0.15, 0.2) is 0 Å². The van der Waals surface area contributed by atoms with Crippen molar-refractivity contribution in [1.29, 1.82) is 0 Å². The maximum absolute atomic E-state index is 11.9. The summed E-state index contributed by atoms with van der Waals surface area (Å²) < 4.78 is 26.4. The van der Waals surface area contributed by atoms with Crippen molar-refractivity contribution in [2.45, 2.75) is 6.42 Å². The van der Waals surface area contributed by atoms with Gasteiger partial charge >= 0.3 is 5.97 Å². The third-order valence-electron chi connectivity index (χ3n) is 2.33. The van der Waals surface area contributed by atoms with Crippen molar-refractivity contribution in [3.05, 3.63) is 0 Å². The molecule has 8 heteroatoms. The van der Waals surface area contributed by atoms with Gasteiger partial charge in [-0.2, -0.15) is 28.8 Å². The largest absolute Gasteiger partial charge is 0.481 e. The molecule has 0 spiro atoms. The van der Waals surface area contributed by atoms with Gasteiger partial charge in [0.1, 0.15) is 0 Å². The maximum atomic E-state index is 11.9. The van der Waals surface area contributed by atoms with Crippen LogP contribution in [-0.4, -0.2) is 66.3 Å². The summed E-state index contributed by atoms with van der Waals surface area (Å²) in [6, 6.07) is 0. The molecule has 1 rings (SSSR count). The van der Waals surface area contributed by atoms with Crippen molar-refractivity contribution in [3.8, 4) is 0 Å². The van der Waals surface area contributed by atoms with Crippen LogP contribution in [0, 0.1) is 0 Å². The zero-order chi connectivity index (χ0) is 12.2. The SMILES string of the molecule is CN(CCC(=O)O)S(=O)(=O)N1CCSCC1. The van der Waals surface area contributed by atoms with Gasteiger partial charge in [0, 0.05) is 38.2 Å². The lowest BCUT2D eigenvalue weighted by Crippen LogP contribution is -2.46. The molecule has 0 amide bonds. The van der Waals surface area contributed by atoms with E-state index in [-0.39, 0.29) is 13.0 Å². The smallest absolute Gasteiger partial charge is 0.304 e. The number of carboxylic acid groups (broad SMARTS) is 1. The molecule has 1 saturated heterocycles. The first-order valence-electron chi connectivity index (χ1n) is 4.95. The van der Waals surface area contributed by atoms with Crippen LogP contribution < -0.4 is 0 Å². The van der Waals surface area contributed by atoms with Gasteiger partial charge in [0.25, 0.3) is 10.2 Å². The highest BCUT2D eigenvalue weighted by molar-refractivity contribution is 7.99. The van der Waals surface area contributed by atoms with Crippen molar-refractivity contribution in [2.75, 3.05) is 38.2 Å². The number of rotatable bonds is 5. The van der Waals surface area contributed by atoms with Gasteiger partial charge in [-0.1, -0.05) is 0 Å². The Bertz CT molecular complexity index is 338. The number of hydrogen-bond donors (Lipinski definition) is 1. The lowest BCUT2D eigenvalue weighted by Gasteiger charge is -2.29. The van der Waals surface area contributed by atoms with Gasteiger partial charge in [-0.05, 0) is 0 Å². The summed E-state index contributed by atoms with van der Waals surface area (Å²) in [6.07, 6.45) is -0.168. The van der Waals surface area contributed by atoms with Crippen LogP contribution in [0.1, 0.15) is 6.42 Å². The molecule has 0 aromatic rings. The van der Waals surface area contributed by atoms with Gasteiger partial charge in [0.05, 0.1) is 6.42 Å². The maximum Gasteiger partial charge on any atom is 0.304 e. The first kappa shape index (κ1) is 13.8. The molecular formula is C8H16N2O4S2. The fourth-order valence-electron chi connectivity index (χ4n) is 1.34. The average molecular weight is 268 g/mol. The van der Waals surface area contributed by atoms with Crippen LogP contribution in [0.2, 0.25) is 0 Å². The van der Waals surface area contributed by atoms with Crippen LogP contribution in [-0.2, 0) is 15.0 Å². The Labute approximate surface area is 99.8 Å². The Kier molecular flexibility index (Phi) is 5.03. The van der Waals surface area contributed by atoms with Crippen molar-refractivity contribution < 1.29 is 18.3 Å². The van der Waals surface area contributed by atoms with Crippen molar-refractivity contribution in [2.24, 2.45) is 0 Å². The number of carbonyl (C=O) groups is 1. The van der Waals surface area contributed by atoms with Crippen LogP contribution in [0.4, 0.5) is 0 Å². The van der Waals surface area contributed by atoms with E-state index in [2.05, 4.69) is 0 Å². The Hall–Kier alpha value is -0.310. The van der Waals surface area contributed by atoms with E-state index in [0.29, 0.717) is 13.1 Å². The number of nitrogens with zero attached hydrogens (tertiary/aromatic N) is 2. The molecule has 0 saturated carbocycles. The predicted molar refractivity (Wildman–Crippen MR) is 62.7 cm³/mol. The zero-order valence-corrected chi connectivity index (χ0v) is 10.8. The van der Waals surface area contributed by atoms with Crippen LogP contribution in [0.5, 0.6) is 0 Å². The van der Waals surface area contributed by atoms with E-state index in [4.69, 9.17) is 5.11 Å². The molecule has 16 heavy (non-hydrogen) atoms. The van der Waals surface area contributed by atoms with Crippen LogP contribution in [0.25, 0.3) is 0 Å². The van der Waals surface area contributed by atoms with Crippen molar-refractivity contribution in [3.63, 3.8) is 0 Å². The minimum absolute atomic E-state index is 0.0152. The lowest BCUT2D eigenvalue weighted by atomic mass is 10.4. The normalized spacial score (nSPS) is 18.9. The molecule has 0 aliphatic carbocycles. The number of hydrogen-bond acceptors (Lipinski definition) is 4. The van der Waals surface area contributed by atoms with Crippen molar-refractivity contribution >= 4 is 27.9 Å². The third-order valence-corrected chi connectivity index (χ3v) is 5.26. The lowest BCUT2D eigenvalue weighted by molar-refractivity contribution is -0.137. The number of aliphatic carboxylic acids is 1. The summed E-state index contributed by atoms with van der Waals surface area (Å²) in [7, 11) is -2.05. The summed E-state index contributed by atoms with van der Waals surface area (Å²) in [6.45, 7) is 1.02. The quantitative estimate of drug-likeness (QED) is 0.740. The van der Waals surface area contributed by atoms with E-state index >= 15 is 0 Å². The molecule has 1 heterocycles. The second-order valence-electron chi connectivity index (χ2n) is 3.48. The Balaban J connectivity index is 2.57. The summed E-state index contributed by atoms with van der Waals surface area (Å²) >= 11 is 1.73. The molecule has 0 unspecified atom stereocenters. The fourth-order valence-corrected chi connectivity index (χ4v) is 3.84. The monoisotopic (exact) mass is 268 g/mol. The van der Waals surface area contributed by atoms with Gasteiger partial charge in [-0.15, -0.1) is 0 Å². The second-order valence-corrected chi connectivity index (χ2v) is 6.74. The molecule has 1 aliphatic heterocycles. The molecule has 0 radical (unpaired) electrons. The summed E-state index contributed by atoms with van der Waals surface area (Å²) in [5.74, 6) is 0.606. The Morgan fingerprint density at radius 3 is 2.50 bits per heavy atom. The van der Waals surface area contributed by atoms with E-state index in [1.807, 2.05) is 0 Å². The topological polar surface area (TPSA) is 77.9 Å². The Morgan fingerprint density at radius 1 is 1.44 bits per heavy atom. The van der Waals surface area contributed by atoms with E-state index in [1.54, 1.807) is 11.8 Å². The zero-order valence-electron chi connectivity index (χ0n) is 9.13.